The van der Waals surface area contributed by atoms with Crippen molar-refractivity contribution in [1.29, 1.82) is 0 Å². The molecule has 3 aromatic rings. The van der Waals surface area contributed by atoms with E-state index in [9.17, 15) is 0 Å². The summed E-state index contributed by atoms with van der Waals surface area (Å²) < 4.78 is 0. The highest BCUT2D eigenvalue weighted by molar-refractivity contribution is 5.64. The van der Waals surface area contributed by atoms with E-state index in [0.717, 1.165) is 29.4 Å². The molecule has 0 radical (unpaired) electrons. The molecule has 0 fully saturated rings. The van der Waals surface area contributed by atoms with Crippen molar-refractivity contribution in [3.63, 3.8) is 0 Å². The van der Waals surface area contributed by atoms with Gasteiger partial charge in [0.2, 0.25) is 5.95 Å². The van der Waals surface area contributed by atoms with Crippen LogP contribution in [0, 0.1) is 6.92 Å². The lowest BCUT2D eigenvalue weighted by Crippen LogP contribution is -2.19. The summed E-state index contributed by atoms with van der Waals surface area (Å²) in [5.41, 5.74) is 4.40. The average Bonchev–Trinajstić information content (AvgIpc) is 2.63. The maximum Gasteiger partial charge on any atom is 0.232 e. The van der Waals surface area contributed by atoms with E-state index in [2.05, 4.69) is 66.3 Å². The summed E-state index contributed by atoms with van der Waals surface area (Å²) in [5, 5.41) is 3.49. The molecule has 0 aliphatic carbocycles. The summed E-state index contributed by atoms with van der Waals surface area (Å²) in [7, 11) is 0. The molecule has 26 heavy (non-hydrogen) atoms. The molecule has 0 atom stereocenters. The topological polar surface area (TPSA) is 41.1 Å². The monoisotopic (exact) mass is 346 g/mol. The van der Waals surface area contributed by atoms with E-state index >= 15 is 0 Å². The Morgan fingerprint density at radius 2 is 1.65 bits per heavy atom. The van der Waals surface area contributed by atoms with Crippen LogP contribution in [-0.4, -0.2) is 16.5 Å². The van der Waals surface area contributed by atoms with Gasteiger partial charge in [0.25, 0.3) is 0 Å². The van der Waals surface area contributed by atoms with E-state index in [1.165, 1.54) is 5.56 Å². The second kappa shape index (κ2) is 8.00. The van der Waals surface area contributed by atoms with Gasteiger partial charge in [-0.2, -0.15) is 4.98 Å². The normalized spacial score (nSPS) is 10.8. The first-order valence-electron chi connectivity index (χ1n) is 9.12. The lowest BCUT2D eigenvalue weighted by atomic mass is 10.0. The van der Waals surface area contributed by atoms with Crippen molar-refractivity contribution in [2.45, 2.75) is 33.6 Å². The maximum atomic E-state index is 4.78. The SMILES string of the molecule is CCN(c1ccccc1)c1nc(C)cc(Nc2ccccc2C(C)C)n1. The molecular formula is C22H26N4. The molecule has 134 valence electrons. The fourth-order valence-electron chi connectivity index (χ4n) is 3.04. The minimum atomic E-state index is 0.442. The van der Waals surface area contributed by atoms with Crippen LogP contribution in [0.4, 0.5) is 23.1 Å². The van der Waals surface area contributed by atoms with Crippen molar-refractivity contribution < 1.29 is 0 Å². The maximum absolute atomic E-state index is 4.78. The molecular weight excluding hydrogens is 320 g/mol. The molecule has 2 aromatic carbocycles. The van der Waals surface area contributed by atoms with Crippen LogP contribution in [0.1, 0.15) is 37.9 Å². The molecule has 0 unspecified atom stereocenters. The second-order valence-corrected chi connectivity index (χ2v) is 6.64. The van der Waals surface area contributed by atoms with Crippen LogP contribution < -0.4 is 10.2 Å². The molecule has 4 heteroatoms. The van der Waals surface area contributed by atoms with Gasteiger partial charge in [-0.3, -0.25) is 0 Å². The smallest absolute Gasteiger partial charge is 0.232 e. The summed E-state index contributed by atoms with van der Waals surface area (Å²) in [6, 6.07) is 20.6. The van der Waals surface area contributed by atoms with Gasteiger partial charge in [0.05, 0.1) is 0 Å². The van der Waals surface area contributed by atoms with Crippen molar-refractivity contribution in [2.75, 3.05) is 16.8 Å². The Hall–Kier alpha value is -2.88. The lowest BCUT2D eigenvalue weighted by molar-refractivity contribution is 0.868. The first-order chi connectivity index (χ1) is 12.6. The van der Waals surface area contributed by atoms with Crippen molar-refractivity contribution in [1.82, 2.24) is 9.97 Å². The number of rotatable bonds is 6. The van der Waals surface area contributed by atoms with Crippen molar-refractivity contribution in [2.24, 2.45) is 0 Å². The number of benzene rings is 2. The Bertz CT molecular complexity index is 859. The molecule has 0 spiro atoms. The van der Waals surface area contributed by atoms with Gasteiger partial charge in [-0.25, -0.2) is 4.98 Å². The van der Waals surface area contributed by atoms with E-state index in [-0.39, 0.29) is 0 Å². The number of aryl methyl sites for hydroxylation is 1. The Morgan fingerprint density at radius 1 is 0.962 bits per heavy atom. The highest BCUT2D eigenvalue weighted by atomic mass is 15.3. The van der Waals surface area contributed by atoms with E-state index in [4.69, 9.17) is 4.98 Å². The summed E-state index contributed by atoms with van der Waals surface area (Å²) in [4.78, 5) is 11.6. The number of para-hydroxylation sites is 2. The predicted octanol–water partition coefficient (Wildman–Crippen LogP) is 5.81. The number of aromatic nitrogens is 2. The molecule has 0 saturated heterocycles. The molecule has 0 amide bonds. The van der Waals surface area contributed by atoms with Crippen molar-refractivity contribution >= 4 is 23.1 Å². The number of hydrogen-bond acceptors (Lipinski definition) is 4. The highest BCUT2D eigenvalue weighted by Gasteiger charge is 2.13. The minimum Gasteiger partial charge on any atom is -0.340 e. The Kier molecular flexibility index (Phi) is 5.52. The second-order valence-electron chi connectivity index (χ2n) is 6.64. The standard InChI is InChI=1S/C22H26N4/c1-5-26(18-11-7-6-8-12-18)22-23-17(4)15-21(25-22)24-20-14-10-9-13-19(20)16(2)3/h6-16H,5H2,1-4H3,(H,23,24,25). The van der Waals surface area contributed by atoms with E-state index < -0.39 is 0 Å². The van der Waals surface area contributed by atoms with Gasteiger partial charge in [-0.1, -0.05) is 50.2 Å². The zero-order valence-electron chi connectivity index (χ0n) is 15.9. The van der Waals surface area contributed by atoms with E-state index in [0.29, 0.717) is 11.9 Å². The fraction of sp³-hybridized carbons (Fsp3) is 0.273. The van der Waals surface area contributed by atoms with Gasteiger partial charge >= 0.3 is 0 Å². The Labute approximate surface area is 155 Å². The highest BCUT2D eigenvalue weighted by Crippen LogP contribution is 2.28. The van der Waals surface area contributed by atoms with E-state index in [1.54, 1.807) is 0 Å². The molecule has 1 aromatic heterocycles. The predicted molar refractivity (Wildman–Crippen MR) is 110 cm³/mol. The number of nitrogens with one attached hydrogen (secondary N) is 1. The number of nitrogens with zero attached hydrogens (tertiary/aromatic N) is 3. The van der Waals surface area contributed by atoms with Crippen LogP contribution in [0.25, 0.3) is 0 Å². The summed E-state index contributed by atoms with van der Waals surface area (Å²) in [5.74, 6) is 1.97. The third kappa shape index (κ3) is 4.02. The van der Waals surface area contributed by atoms with Gasteiger partial charge in [-0.15, -0.1) is 0 Å². The fourth-order valence-corrected chi connectivity index (χ4v) is 3.04. The van der Waals surface area contributed by atoms with Gasteiger partial charge in [0.1, 0.15) is 5.82 Å². The van der Waals surface area contributed by atoms with Crippen LogP contribution in [-0.2, 0) is 0 Å². The summed E-state index contributed by atoms with van der Waals surface area (Å²) in [6.45, 7) is 9.32. The largest absolute Gasteiger partial charge is 0.340 e. The Morgan fingerprint density at radius 3 is 2.35 bits per heavy atom. The van der Waals surface area contributed by atoms with Gasteiger partial charge in [0, 0.05) is 29.7 Å². The molecule has 4 nitrogen and oxygen atoms in total. The van der Waals surface area contributed by atoms with Gasteiger partial charge in [0.15, 0.2) is 0 Å². The first-order valence-corrected chi connectivity index (χ1v) is 9.12. The van der Waals surface area contributed by atoms with Crippen LogP contribution in [0.2, 0.25) is 0 Å². The van der Waals surface area contributed by atoms with Crippen LogP contribution in [0.3, 0.4) is 0 Å². The zero-order valence-corrected chi connectivity index (χ0v) is 15.9. The molecule has 1 heterocycles. The first kappa shape index (κ1) is 17.9. The van der Waals surface area contributed by atoms with Crippen LogP contribution >= 0.6 is 0 Å². The third-order valence-electron chi connectivity index (χ3n) is 4.31. The molecule has 3 rings (SSSR count). The third-order valence-corrected chi connectivity index (χ3v) is 4.31. The average molecular weight is 346 g/mol. The molecule has 0 saturated carbocycles. The van der Waals surface area contributed by atoms with Crippen LogP contribution in [0.5, 0.6) is 0 Å². The Balaban J connectivity index is 1.96. The number of hydrogen-bond donors (Lipinski definition) is 1. The quantitative estimate of drug-likeness (QED) is 0.611. The molecule has 1 N–H and O–H groups in total. The summed E-state index contributed by atoms with van der Waals surface area (Å²) in [6.07, 6.45) is 0. The molecule has 0 aliphatic rings. The van der Waals surface area contributed by atoms with Crippen molar-refractivity contribution in [3.8, 4) is 0 Å². The van der Waals surface area contributed by atoms with Crippen molar-refractivity contribution in [3.05, 3.63) is 71.9 Å². The minimum absolute atomic E-state index is 0.442. The zero-order chi connectivity index (χ0) is 18.5. The lowest BCUT2D eigenvalue weighted by Gasteiger charge is -2.22. The van der Waals surface area contributed by atoms with E-state index in [1.807, 2.05) is 37.3 Å². The number of anilines is 4. The summed E-state index contributed by atoms with van der Waals surface area (Å²) >= 11 is 0. The van der Waals surface area contributed by atoms with Crippen LogP contribution in [0.15, 0.2) is 60.7 Å². The molecule has 0 bridgehead atoms. The molecule has 0 aliphatic heterocycles. The van der Waals surface area contributed by atoms with Gasteiger partial charge in [-0.05, 0) is 43.5 Å². The van der Waals surface area contributed by atoms with Gasteiger partial charge < -0.3 is 10.2 Å².